The van der Waals surface area contributed by atoms with Gasteiger partial charge in [0.15, 0.2) is 0 Å². The lowest BCUT2D eigenvalue weighted by Gasteiger charge is -2.22. The molecule has 1 aliphatic rings. The summed E-state index contributed by atoms with van der Waals surface area (Å²) in [5.74, 6) is 1.48. The summed E-state index contributed by atoms with van der Waals surface area (Å²) in [5.41, 5.74) is 0.922. The summed E-state index contributed by atoms with van der Waals surface area (Å²) in [6.07, 6.45) is 2.31. The molecular weight excluding hydrogens is 194 g/mol. The Labute approximate surface area is 87.5 Å². The highest BCUT2D eigenvalue weighted by atomic mass is 16.5. The van der Waals surface area contributed by atoms with Crippen LogP contribution in [0, 0.1) is 0 Å². The molecule has 2 rings (SSSR count). The minimum atomic E-state index is -0.128. The highest BCUT2D eigenvalue weighted by Crippen LogP contribution is 2.36. The van der Waals surface area contributed by atoms with Crippen LogP contribution in [0.1, 0.15) is 18.0 Å². The van der Waals surface area contributed by atoms with Gasteiger partial charge in [-0.1, -0.05) is 0 Å². The number of nitrogens with zero attached hydrogens (tertiary/aromatic N) is 1. The number of methoxy groups -OCH3 is 1. The van der Waals surface area contributed by atoms with Crippen LogP contribution in [0.3, 0.4) is 0 Å². The Morgan fingerprint density at radius 1 is 1.60 bits per heavy atom. The van der Waals surface area contributed by atoms with Crippen molar-refractivity contribution in [1.82, 2.24) is 0 Å². The Morgan fingerprint density at radius 2 is 2.47 bits per heavy atom. The smallest absolute Gasteiger partial charge is 0.235 e. The van der Waals surface area contributed by atoms with Crippen molar-refractivity contribution < 1.29 is 14.3 Å². The summed E-state index contributed by atoms with van der Waals surface area (Å²) >= 11 is 0. The van der Waals surface area contributed by atoms with Crippen LogP contribution >= 0.6 is 0 Å². The van der Waals surface area contributed by atoms with Crippen LogP contribution < -0.4 is 9.47 Å². The van der Waals surface area contributed by atoms with Gasteiger partial charge in [0.2, 0.25) is 6.08 Å². The monoisotopic (exact) mass is 205 g/mol. The van der Waals surface area contributed by atoms with Crippen molar-refractivity contribution in [2.24, 2.45) is 4.99 Å². The fourth-order valence-corrected chi connectivity index (χ4v) is 1.68. The van der Waals surface area contributed by atoms with E-state index in [1.54, 1.807) is 13.2 Å². The molecule has 0 aromatic heterocycles. The Morgan fingerprint density at radius 3 is 3.20 bits per heavy atom. The van der Waals surface area contributed by atoms with Crippen LogP contribution in [-0.2, 0) is 4.79 Å². The van der Waals surface area contributed by atoms with Gasteiger partial charge in [0.25, 0.3) is 0 Å². The molecule has 1 atom stereocenters. The van der Waals surface area contributed by atoms with Crippen molar-refractivity contribution >= 4 is 6.08 Å². The van der Waals surface area contributed by atoms with Gasteiger partial charge in [-0.25, -0.2) is 4.79 Å². The maximum atomic E-state index is 10.2. The molecule has 4 heteroatoms. The lowest BCUT2D eigenvalue weighted by atomic mass is 10.0. The molecule has 0 aliphatic carbocycles. The van der Waals surface area contributed by atoms with Crippen LogP contribution in [0.2, 0.25) is 0 Å². The molecule has 15 heavy (non-hydrogen) atoms. The predicted octanol–water partition coefficient (Wildman–Crippen LogP) is 1.85. The fourth-order valence-electron chi connectivity index (χ4n) is 1.68. The van der Waals surface area contributed by atoms with Gasteiger partial charge in [0.1, 0.15) is 11.5 Å². The first-order chi connectivity index (χ1) is 7.35. The van der Waals surface area contributed by atoms with E-state index in [0.29, 0.717) is 13.0 Å². The molecule has 4 nitrogen and oxygen atoms in total. The lowest BCUT2D eigenvalue weighted by Crippen LogP contribution is -2.12. The number of hydrogen-bond acceptors (Lipinski definition) is 4. The number of carbonyl (C=O) groups excluding carboxylic acids is 1. The summed E-state index contributed by atoms with van der Waals surface area (Å²) in [4.78, 5) is 14.0. The summed E-state index contributed by atoms with van der Waals surface area (Å²) in [6.45, 7) is 0.565. The zero-order valence-electron chi connectivity index (χ0n) is 8.40. The standard InChI is InChI=1S/C11H11NO3/c1-14-8-2-3-9-10(12-7-13)4-5-15-11(9)6-8/h2-3,6,10H,4-5H2,1H3. The van der Waals surface area contributed by atoms with Crippen molar-refractivity contribution in [2.45, 2.75) is 12.5 Å². The maximum Gasteiger partial charge on any atom is 0.235 e. The van der Waals surface area contributed by atoms with E-state index in [9.17, 15) is 4.79 Å². The normalized spacial score (nSPS) is 18.3. The first kappa shape index (κ1) is 9.74. The second-order valence-corrected chi connectivity index (χ2v) is 3.28. The zero-order chi connectivity index (χ0) is 10.7. The van der Waals surface area contributed by atoms with Crippen LogP contribution in [-0.4, -0.2) is 19.8 Å². The van der Waals surface area contributed by atoms with E-state index in [-0.39, 0.29) is 6.04 Å². The number of ether oxygens (including phenoxy) is 2. The summed E-state index contributed by atoms with van der Waals surface area (Å²) in [7, 11) is 1.60. The Hall–Kier alpha value is -1.80. The molecule has 1 aromatic rings. The van der Waals surface area contributed by atoms with Crippen LogP contribution in [0.15, 0.2) is 23.2 Å². The van der Waals surface area contributed by atoms with Gasteiger partial charge in [-0.05, 0) is 12.1 Å². The summed E-state index contributed by atoms with van der Waals surface area (Å²) in [6, 6.07) is 5.39. The van der Waals surface area contributed by atoms with Gasteiger partial charge < -0.3 is 9.47 Å². The molecule has 0 bridgehead atoms. The molecule has 1 aromatic carbocycles. The minimum absolute atomic E-state index is 0.128. The average Bonchev–Trinajstić information content (AvgIpc) is 2.29. The third-order valence-electron chi connectivity index (χ3n) is 2.44. The SMILES string of the molecule is COc1ccc2c(c1)OCCC2N=C=O. The average molecular weight is 205 g/mol. The number of hydrogen-bond donors (Lipinski definition) is 0. The lowest BCUT2D eigenvalue weighted by molar-refractivity contribution is 0.267. The van der Waals surface area contributed by atoms with Crippen LogP contribution in [0.5, 0.6) is 11.5 Å². The molecular formula is C11H11NO3. The summed E-state index contributed by atoms with van der Waals surface area (Å²) in [5, 5.41) is 0. The van der Waals surface area contributed by atoms with Gasteiger partial charge >= 0.3 is 0 Å². The molecule has 1 unspecified atom stereocenters. The van der Waals surface area contributed by atoms with Gasteiger partial charge in [0.05, 0.1) is 19.8 Å². The second kappa shape index (κ2) is 4.15. The third-order valence-corrected chi connectivity index (χ3v) is 2.44. The molecule has 0 saturated heterocycles. The zero-order valence-corrected chi connectivity index (χ0v) is 8.40. The first-order valence-corrected chi connectivity index (χ1v) is 4.73. The molecule has 0 amide bonds. The molecule has 0 saturated carbocycles. The second-order valence-electron chi connectivity index (χ2n) is 3.28. The maximum absolute atomic E-state index is 10.2. The van der Waals surface area contributed by atoms with Crippen molar-refractivity contribution in [3.05, 3.63) is 23.8 Å². The first-order valence-electron chi connectivity index (χ1n) is 4.73. The Bertz CT molecular complexity index is 410. The largest absolute Gasteiger partial charge is 0.497 e. The van der Waals surface area contributed by atoms with E-state index in [1.807, 2.05) is 18.2 Å². The minimum Gasteiger partial charge on any atom is -0.497 e. The van der Waals surface area contributed by atoms with Gasteiger partial charge in [0, 0.05) is 18.1 Å². The van der Waals surface area contributed by atoms with Gasteiger partial charge in [-0.2, -0.15) is 4.99 Å². The fraction of sp³-hybridized carbons (Fsp3) is 0.364. The predicted molar refractivity (Wildman–Crippen MR) is 54.0 cm³/mol. The number of rotatable bonds is 2. The van der Waals surface area contributed by atoms with E-state index in [2.05, 4.69) is 4.99 Å². The summed E-state index contributed by atoms with van der Waals surface area (Å²) < 4.78 is 10.6. The van der Waals surface area contributed by atoms with Crippen molar-refractivity contribution in [3.8, 4) is 11.5 Å². The molecule has 1 aliphatic heterocycles. The van der Waals surface area contributed by atoms with E-state index in [4.69, 9.17) is 9.47 Å². The Kier molecular flexibility index (Phi) is 2.70. The van der Waals surface area contributed by atoms with Crippen LogP contribution in [0.4, 0.5) is 0 Å². The third kappa shape index (κ3) is 1.85. The van der Waals surface area contributed by atoms with Crippen molar-refractivity contribution in [1.29, 1.82) is 0 Å². The van der Waals surface area contributed by atoms with E-state index in [0.717, 1.165) is 17.1 Å². The number of aliphatic imine (C=N–C) groups is 1. The van der Waals surface area contributed by atoms with E-state index >= 15 is 0 Å². The highest BCUT2D eigenvalue weighted by molar-refractivity contribution is 5.45. The molecule has 0 fully saturated rings. The van der Waals surface area contributed by atoms with Gasteiger partial charge in [-0.3, -0.25) is 0 Å². The topological polar surface area (TPSA) is 47.9 Å². The van der Waals surface area contributed by atoms with Crippen molar-refractivity contribution in [2.75, 3.05) is 13.7 Å². The molecule has 0 spiro atoms. The van der Waals surface area contributed by atoms with E-state index < -0.39 is 0 Å². The number of benzene rings is 1. The van der Waals surface area contributed by atoms with E-state index in [1.165, 1.54) is 0 Å². The number of fused-ring (bicyclic) bond motifs is 1. The van der Waals surface area contributed by atoms with Crippen molar-refractivity contribution in [3.63, 3.8) is 0 Å². The quantitative estimate of drug-likeness (QED) is 0.547. The Balaban J connectivity index is 2.40. The highest BCUT2D eigenvalue weighted by Gasteiger charge is 2.21. The molecule has 1 heterocycles. The van der Waals surface area contributed by atoms with Gasteiger partial charge in [-0.15, -0.1) is 0 Å². The molecule has 0 radical (unpaired) electrons. The molecule has 78 valence electrons. The van der Waals surface area contributed by atoms with Crippen LogP contribution in [0.25, 0.3) is 0 Å². The number of isocyanates is 1. The molecule has 0 N–H and O–H groups in total.